The highest BCUT2D eigenvalue weighted by Gasteiger charge is 2.56. The van der Waals surface area contributed by atoms with Crippen molar-refractivity contribution in [2.45, 2.75) is 52.6 Å². The number of para-hydroxylation sites is 1. The molecule has 1 aromatic heterocycles. The van der Waals surface area contributed by atoms with Gasteiger partial charge in [-0.15, -0.1) is 0 Å². The first kappa shape index (κ1) is 31.1. The molecular weight excluding hydrogens is 615 g/mol. The summed E-state index contributed by atoms with van der Waals surface area (Å²) in [7, 11) is 0. The third kappa shape index (κ3) is 6.00. The van der Waals surface area contributed by atoms with Gasteiger partial charge < -0.3 is 15.1 Å². The van der Waals surface area contributed by atoms with Gasteiger partial charge in [0.05, 0.1) is 23.3 Å². The summed E-state index contributed by atoms with van der Waals surface area (Å²) in [6, 6.07) is 22.2. The summed E-state index contributed by atoms with van der Waals surface area (Å²) in [5.74, 6) is 2.93. The normalized spacial score (nSPS) is 24.2. The number of nitrogens with zero attached hydrogens (tertiary/aromatic N) is 5. The molecule has 0 spiro atoms. The predicted octanol–water partition coefficient (Wildman–Crippen LogP) is 7.61. The summed E-state index contributed by atoms with van der Waals surface area (Å²) < 4.78 is 1.65. The minimum atomic E-state index is -0.0644. The van der Waals surface area contributed by atoms with Crippen LogP contribution in [0, 0.1) is 23.2 Å². The second kappa shape index (κ2) is 12.6. The molecule has 240 valence electrons. The molecule has 4 atom stereocenters. The van der Waals surface area contributed by atoms with Crippen molar-refractivity contribution >= 4 is 51.4 Å². The molecule has 4 aromatic rings. The van der Waals surface area contributed by atoms with Gasteiger partial charge in [-0.3, -0.25) is 9.36 Å². The maximum absolute atomic E-state index is 13.4. The van der Waals surface area contributed by atoms with E-state index in [9.17, 15) is 4.79 Å². The lowest BCUT2D eigenvalue weighted by molar-refractivity contribution is -0.108. The van der Waals surface area contributed by atoms with E-state index >= 15 is 0 Å². The average molecular weight is 658 g/mol. The highest BCUT2D eigenvalue weighted by molar-refractivity contribution is 6.35. The molecule has 2 unspecified atom stereocenters. The highest BCUT2D eigenvalue weighted by Crippen LogP contribution is 2.61. The van der Waals surface area contributed by atoms with Crippen LogP contribution in [0.2, 0.25) is 10.0 Å². The molecule has 0 amide bonds. The first-order valence-corrected chi connectivity index (χ1v) is 17.3. The molecule has 4 fully saturated rings. The molecule has 1 saturated heterocycles. The van der Waals surface area contributed by atoms with E-state index in [1.54, 1.807) is 17.0 Å². The second-order valence-corrected chi connectivity index (χ2v) is 14.7. The molecule has 3 aromatic carbocycles. The second-order valence-electron chi connectivity index (χ2n) is 13.9. The Morgan fingerprint density at radius 3 is 2.50 bits per heavy atom. The number of piperazine rings is 1. The predicted molar refractivity (Wildman–Crippen MR) is 190 cm³/mol. The van der Waals surface area contributed by atoms with Crippen LogP contribution in [0.25, 0.3) is 10.9 Å². The van der Waals surface area contributed by atoms with Crippen LogP contribution in [0.4, 0.5) is 11.4 Å². The van der Waals surface area contributed by atoms with Crippen LogP contribution < -0.4 is 15.8 Å². The van der Waals surface area contributed by atoms with E-state index in [4.69, 9.17) is 28.2 Å². The summed E-state index contributed by atoms with van der Waals surface area (Å²) >= 11 is 12.4. The zero-order valence-corrected chi connectivity index (χ0v) is 28.3. The molecule has 9 heteroatoms. The molecule has 1 aliphatic heterocycles. The number of guanidine groups is 1. The van der Waals surface area contributed by atoms with Gasteiger partial charge in [0.25, 0.3) is 5.56 Å². The zero-order valence-electron chi connectivity index (χ0n) is 26.8. The number of nitrogens with one attached hydrogen (secondary N) is 1. The molecule has 8 rings (SSSR count). The number of rotatable bonds is 6. The van der Waals surface area contributed by atoms with Gasteiger partial charge in [-0.2, -0.15) is 0 Å². The van der Waals surface area contributed by atoms with Crippen molar-refractivity contribution in [3.05, 3.63) is 99.0 Å². The van der Waals surface area contributed by atoms with Crippen LogP contribution in [0.3, 0.4) is 0 Å². The van der Waals surface area contributed by atoms with Crippen LogP contribution in [-0.2, 0) is 13.0 Å². The number of benzene rings is 3. The number of aromatic nitrogens is 2. The third-order valence-corrected chi connectivity index (χ3v) is 11.6. The molecule has 3 saturated carbocycles. The summed E-state index contributed by atoms with van der Waals surface area (Å²) in [5, 5.41) is 5.48. The fourth-order valence-electron chi connectivity index (χ4n) is 7.95. The van der Waals surface area contributed by atoms with Crippen molar-refractivity contribution in [3.63, 3.8) is 0 Å². The van der Waals surface area contributed by atoms with E-state index < -0.39 is 0 Å². The number of aliphatic imine (C=N–C) groups is 1. The Bertz CT molecular complexity index is 1810. The van der Waals surface area contributed by atoms with Crippen LogP contribution >= 0.6 is 23.2 Å². The lowest BCUT2D eigenvalue weighted by Gasteiger charge is -2.61. The quantitative estimate of drug-likeness (QED) is 0.171. The van der Waals surface area contributed by atoms with Gasteiger partial charge >= 0.3 is 0 Å². The van der Waals surface area contributed by atoms with E-state index in [1.165, 1.54) is 12.1 Å². The van der Waals surface area contributed by atoms with Gasteiger partial charge in [-0.25, -0.2) is 9.98 Å². The Kier molecular flexibility index (Phi) is 8.49. The topological polar surface area (TPSA) is 65.8 Å². The van der Waals surface area contributed by atoms with Gasteiger partial charge in [0.2, 0.25) is 0 Å². The van der Waals surface area contributed by atoms with Gasteiger partial charge in [0, 0.05) is 54.1 Å². The Labute approximate surface area is 281 Å². The number of hydrogen-bond acceptors (Lipinski definition) is 4. The van der Waals surface area contributed by atoms with Crippen molar-refractivity contribution in [1.29, 1.82) is 0 Å². The molecule has 2 bridgehead atoms. The van der Waals surface area contributed by atoms with E-state index in [0.29, 0.717) is 51.3 Å². The molecule has 2 heterocycles. The third-order valence-electron chi connectivity index (χ3n) is 11.0. The molecule has 4 aliphatic rings. The fraction of sp³-hybridized carbons (Fsp3) is 0.432. The number of fused-ring (bicyclic) bond motifs is 3. The van der Waals surface area contributed by atoms with Crippen molar-refractivity contribution in [1.82, 2.24) is 14.5 Å². The maximum atomic E-state index is 13.4. The van der Waals surface area contributed by atoms with Crippen LogP contribution in [0.5, 0.6) is 0 Å². The summed E-state index contributed by atoms with van der Waals surface area (Å²) in [6.07, 6.45) is 4.71. The van der Waals surface area contributed by atoms with Gasteiger partial charge in [-0.05, 0) is 90.5 Å². The standard InChI is InChI=1S/C37H42Cl2N6O/c1-24-31-19-26(37(31,2)3)20-33(24)42-36(44-17-15-43(16-18-44)29-7-5-4-6-8-29)41-28-11-12-30-34(22-28)40-23-45(35(30)46)14-13-25-9-10-27(38)21-32(25)39/h4-12,21-24,26,31,33H,13-20H2,1-3H3,(H,41,42)/t24?,26?,31-,33+/m1/s1. The largest absolute Gasteiger partial charge is 0.368 e. The van der Waals surface area contributed by atoms with Crippen molar-refractivity contribution in [3.8, 4) is 0 Å². The Morgan fingerprint density at radius 1 is 1.00 bits per heavy atom. The maximum Gasteiger partial charge on any atom is 0.261 e. The molecule has 0 radical (unpaired) electrons. The summed E-state index contributed by atoms with van der Waals surface area (Å²) in [5.41, 5.74) is 4.12. The summed E-state index contributed by atoms with van der Waals surface area (Å²) in [4.78, 5) is 28.4. The van der Waals surface area contributed by atoms with E-state index in [1.807, 2.05) is 30.3 Å². The van der Waals surface area contributed by atoms with E-state index in [-0.39, 0.29) is 5.56 Å². The molecule has 1 N–H and O–H groups in total. The first-order chi connectivity index (χ1) is 22.2. The highest BCUT2D eigenvalue weighted by atomic mass is 35.5. The Balaban J connectivity index is 1.11. The molecule has 46 heavy (non-hydrogen) atoms. The van der Waals surface area contributed by atoms with Gasteiger partial charge in [0.15, 0.2) is 5.96 Å². The van der Waals surface area contributed by atoms with Gasteiger partial charge in [0.1, 0.15) is 0 Å². The summed E-state index contributed by atoms with van der Waals surface area (Å²) in [6.45, 7) is 11.4. The van der Waals surface area contributed by atoms with Crippen molar-refractivity contribution in [2.24, 2.45) is 28.2 Å². The Hall–Kier alpha value is -3.55. The fourth-order valence-corrected chi connectivity index (χ4v) is 8.45. The van der Waals surface area contributed by atoms with Crippen LogP contribution in [-0.4, -0.2) is 52.6 Å². The minimum Gasteiger partial charge on any atom is -0.368 e. The number of halogens is 2. The van der Waals surface area contributed by atoms with Crippen LogP contribution in [0.1, 0.15) is 39.2 Å². The van der Waals surface area contributed by atoms with Gasteiger partial charge in [-0.1, -0.05) is 68.2 Å². The SMILES string of the molecule is CC1[C@@H](N=C(Nc2ccc3c(=O)n(CCc4ccc(Cl)cc4Cl)cnc3c2)N2CCN(c3ccccc3)CC2)CC2C[C@H]1C2(C)C. The van der Waals surface area contributed by atoms with Crippen molar-refractivity contribution in [2.75, 3.05) is 36.4 Å². The molecule has 7 nitrogen and oxygen atoms in total. The first-order valence-electron chi connectivity index (χ1n) is 16.5. The Morgan fingerprint density at radius 2 is 1.78 bits per heavy atom. The zero-order chi connectivity index (χ0) is 32.0. The van der Waals surface area contributed by atoms with Crippen molar-refractivity contribution < 1.29 is 0 Å². The monoisotopic (exact) mass is 656 g/mol. The van der Waals surface area contributed by atoms with E-state index in [2.05, 4.69) is 71.2 Å². The number of hydrogen-bond donors (Lipinski definition) is 1. The average Bonchev–Trinajstić information content (AvgIpc) is 3.06. The molecular formula is C37H42Cl2N6O. The molecule has 3 aliphatic carbocycles. The number of aryl methyl sites for hydroxylation is 2. The lowest BCUT2D eigenvalue weighted by Crippen LogP contribution is -2.57. The van der Waals surface area contributed by atoms with Crippen LogP contribution in [0.15, 0.2) is 82.8 Å². The minimum absolute atomic E-state index is 0.0644. The lowest BCUT2D eigenvalue weighted by atomic mass is 9.45. The number of anilines is 2. The van der Waals surface area contributed by atoms with E-state index in [0.717, 1.165) is 61.6 Å². The smallest absolute Gasteiger partial charge is 0.261 e.